The molecule has 0 saturated carbocycles. The molecule has 0 radical (unpaired) electrons. The maximum Gasteiger partial charge on any atom is 0.0368 e. The Hall–Kier alpha value is -3.90. The van der Waals surface area contributed by atoms with E-state index in [1.165, 1.54) is 37.9 Å². The number of nitrogens with one attached hydrogen (secondary N) is 2. The molecule has 0 aliphatic carbocycles. The molecule has 0 aliphatic rings. The minimum absolute atomic E-state index is 0.220. The summed E-state index contributed by atoms with van der Waals surface area (Å²) in [4.78, 5) is 0. The Kier molecular flexibility index (Phi) is 13.3. The Morgan fingerprint density at radius 2 is 1.11 bits per heavy atom. The minimum Gasteiger partial charge on any atom is -0.312 e. The van der Waals surface area contributed by atoms with Crippen LogP contribution in [0.1, 0.15) is 22.7 Å². The number of rotatable bonds is 17. The van der Waals surface area contributed by atoms with Gasteiger partial charge in [-0.2, -0.15) is 0 Å². The van der Waals surface area contributed by atoms with Crippen LogP contribution in [0.15, 0.2) is 182 Å². The highest BCUT2D eigenvalue weighted by Gasteiger charge is 2.21. The lowest BCUT2D eigenvalue weighted by Gasteiger charge is -2.27. The van der Waals surface area contributed by atoms with Crippen molar-refractivity contribution in [3.8, 4) is 0 Å². The molecule has 2 unspecified atom stereocenters. The summed E-state index contributed by atoms with van der Waals surface area (Å²) in [5, 5.41) is 13.2. The van der Waals surface area contributed by atoms with E-state index in [1.807, 2.05) is 12.2 Å². The quantitative estimate of drug-likeness (QED) is 0.0605. The van der Waals surface area contributed by atoms with E-state index < -0.39 is 15.8 Å². The van der Waals surface area contributed by atoms with Gasteiger partial charge in [0.1, 0.15) is 0 Å². The third kappa shape index (κ3) is 9.56. The normalized spacial score (nSPS) is 12.8. The van der Waals surface area contributed by atoms with E-state index in [-0.39, 0.29) is 6.04 Å². The van der Waals surface area contributed by atoms with Crippen molar-refractivity contribution in [3.05, 3.63) is 199 Å². The largest absolute Gasteiger partial charge is 0.312 e. The van der Waals surface area contributed by atoms with Gasteiger partial charge >= 0.3 is 0 Å². The minimum atomic E-state index is -0.540. The molecule has 0 aromatic heterocycles. The van der Waals surface area contributed by atoms with Crippen molar-refractivity contribution >= 4 is 31.8 Å². The van der Waals surface area contributed by atoms with Gasteiger partial charge in [-0.25, -0.2) is 0 Å². The fourth-order valence-corrected chi connectivity index (χ4v) is 10.4. The van der Waals surface area contributed by atoms with Gasteiger partial charge in [0, 0.05) is 19.1 Å². The molecule has 5 aromatic carbocycles. The third-order valence-electron chi connectivity index (χ3n) is 8.07. The van der Waals surface area contributed by atoms with E-state index >= 15 is 0 Å². The number of hydrogen-bond acceptors (Lipinski definition) is 2. The van der Waals surface area contributed by atoms with Gasteiger partial charge in [-0.3, -0.25) is 0 Å². The molecule has 0 saturated heterocycles. The first kappa shape index (κ1) is 33.5. The lowest BCUT2D eigenvalue weighted by molar-refractivity contribution is 0.576. The van der Waals surface area contributed by atoms with E-state index in [4.69, 9.17) is 0 Å². The summed E-state index contributed by atoms with van der Waals surface area (Å²) < 4.78 is 0. The number of hydrogen-bond donors (Lipinski definition) is 2. The second-order valence-corrected chi connectivity index (χ2v) is 15.7. The molecule has 5 aromatic rings. The van der Waals surface area contributed by atoms with Crippen LogP contribution >= 0.6 is 15.8 Å². The smallest absolute Gasteiger partial charge is 0.0368 e. The summed E-state index contributed by atoms with van der Waals surface area (Å²) in [6.07, 6.45) is 8.05. The SMILES string of the molecule is C=C/C=C(\C=C)P(CCNCc1ccccc1CNC(CP(c1ccccc1)c1ccccc1)c1ccccc1)c1ccccc1. The summed E-state index contributed by atoms with van der Waals surface area (Å²) in [6, 6.07) is 52.8. The van der Waals surface area contributed by atoms with Crippen LogP contribution in [-0.2, 0) is 13.1 Å². The second kappa shape index (κ2) is 18.3. The topological polar surface area (TPSA) is 24.1 Å². The Bertz CT molecular complexity index is 1610. The maximum absolute atomic E-state index is 4.10. The van der Waals surface area contributed by atoms with Crippen LogP contribution in [0.3, 0.4) is 0 Å². The third-order valence-corrected chi connectivity index (χ3v) is 13.2. The molecule has 0 aliphatic heterocycles. The Balaban J connectivity index is 1.28. The summed E-state index contributed by atoms with van der Waals surface area (Å²) in [7, 11) is -1.04. The zero-order valence-electron chi connectivity index (χ0n) is 26.5. The lowest BCUT2D eigenvalue weighted by Crippen LogP contribution is -2.28. The predicted molar refractivity (Wildman–Crippen MR) is 204 cm³/mol. The monoisotopic (exact) mass is 638 g/mol. The van der Waals surface area contributed by atoms with Crippen LogP contribution in [0.5, 0.6) is 0 Å². The summed E-state index contributed by atoms with van der Waals surface area (Å²) in [5.41, 5.74) is 4.01. The molecule has 0 heterocycles. The first-order chi connectivity index (χ1) is 22.8. The van der Waals surface area contributed by atoms with Gasteiger partial charge in [-0.1, -0.05) is 177 Å². The van der Waals surface area contributed by atoms with E-state index in [2.05, 4.69) is 175 Å². The van der Waals surface area contributed by atoms with Gasteiger partial charge in [-0.15, -0.1) is 0 Å². The van der Waals surface area contributed by atoms with Crippen molar-refractivity contribution in [2.45, 2.75) is 19.1 Å². The van der Waals surface area contributed by atoms with Gasteiger partial charge in [0.05, 0.1) is 0 Å². The van der Waals surface area contributed by atoms with Crippen LogP contribution in [0.4, 0.5) is 0 Å². The first-order valence-corrected chi connectivity index (χ1v) is 19.0. The highest BCUT2D eigenvalue weighted by Crippen LogP contribution is 2.44. The molecule has 232 valence electrons. The van der Waals surface area contributed by atoms with Crippen molar-refractivity contribution < 1.29 is 0 Å². The molecule has 2 nitrogen and oxygen atoms in total. The first-order valence-electron chi connectivity index (χ1n) is 16.0. The molecule has 0 spiro atoms. The molecule has 2 N–H and O–H groups in total. The van der Waals surface area contributed by atoms with Crippen molar-refractivity contribution in [2.24, 2.45) is 0 Å². The molecule has 0 amide bonds. The van der Waals surface area contributed by atoms with Crippen molar-refractivity contribution in [1.29, 1.82) is 0 Å². The molecule has 0 bridgehead atoms. The van der Waals surface area contributed by atoms with Crippen molar-refractivity contribution in [1.82, 2.24) is 10.6 Å². The highest BCUT2D eigenvalue weighted by atomic mass is 31.1. The van der Waals surface area contributed by atoms with Crippen LogP contribution in [0.2, 0.25) is 0 Å². The molecular weight excluding hydrogens is 594 g/mol. The highest BCUT2D eigenvalue weighted by molar-refractivity contribution is 7.73. The lowest BCUT2D eigenvalue weighted by atomic mass is 10.1. The zero-order valence-corrected chi connectivity index (χ0v) is 28.3. The standard InChI is InChI=1S/C42H44N2P2/c1-3-19-38(4-2)45(39-24-11-6-12-25-39)31-30-43-32-36-22-17-18-23-37(36)33-44-42(35-20-9-5-10-21-35)34-46(40-26-13-7-14-27-40)41-28-15-8-16-29-41/h3-29,42-44H,1-2,30-34H2/b38-19+. The van der Waals surface area contributed by atoms with Crippen LogP contribution in [0.25, 0.3) is 0 Å². The van der Waals surface area contributed by atoms with Gasteiger partial charge in [0.15, 0.2) is 0 Å². The Morgan fingerprint density at radius 3 is 1.65 bits per heavy atom. The van der Waals surface area contributed by atoms with Crippen LogP contribution in [-0.4, -0.2) is 18.9 Å². The summed E-state index contributed by atoms with van der Waals surface area (Å²) in [6.45, 7) is 10.6. The van der Waals surface area contributed by atoms with Crippen molar-refractivity contribution in [3.63, 3.8) is 0 Å². The molecule has 4 heteroatoms. The fourth-order valence-electron chi connectivity index (χ4n) is 5.69. The molecule has 5 rings (SSSR count). The van der Waals surface area contributed by atoms with E-state index in [0.29, 0.717) is 0 Å². The predicted octanol–water partition coefficient (Wildman–Crippen LogP) is 8.80. The number of benzene rings is 5. The average Bonchev–Trinajstić information content (AvgIpc) is 3.13. The van der Waals surface area contributed by atoms with E-state index in [9.17, 15) is 0 Å². The van der Waals surface area contributed by atoms with Crippen molar-refractivity contribution in [2.75, 3.05) is 18.9 Å². The van der Waals surface area contributed by atoms with E-state index in [0.717, 1.165) is 32.0 Å². The molecule has 0 fully saturated rings. The zero-order chi connectivity index (χ0) is 31.8. The van der Waals surface area contributed by atoms with Gasteiger partial charge in [0.2, 0.25) is 0 Å². The Labute approximate surface area is 278 Å². The molecular formula is C42H44N2P2. The second-order valence-electron chi connectivity index (χ2n) is 11.1. The summed E-state index contributed by atoms with van der Waals surface area (Å²) in [5.74, 6) is 0. The van der Waals surface area contributed by atoms with Gasteiger partial charge < -0.3 is 10.6 Å². The maximum atomic E-state index is 4.10. The van der Waals surface area contributed by atoms with Crippen LogP contribution in [0, 0.1) is 0 Å². The molecule has 46 heavy (non-hydrogen) atoms. The average molecular weight is 639 g/mol. The molecule has 2 atom stereocenters. The summed E-state index contributed by atoms with van der Waals surface area (Å²) >= 11 is 0. The van der Waals surface area contributed by atoms with E-state index in [1.54, 1.807) is 0 Å². The van der Waals surface area contributed by atoms with Gasteiger partial charge in [-0.05, 0) is 72.6 Å². The Morgan fingerprint density at radius 1 is 0.609 bits per heavy atom. The fraction of sp³-hybridized carbons (Fsp3) is 0.143. The van der Waals surface area contributed by atoms with Gasteiger partial charge in [0.25, 0.3) is 0 Å². The van der Waals surface area contributed by atoms with Crippen LogP contribution < -0.4 is 26.5 Å². The number of allylic oxidation sites excluding steroid dienone is 4.